The summed E-state index contributed by atoms with van der Waals surface area (Å²) < 4.78 is 6.15. The molecule has 2 N–H and O–H groups in total. The van der Waals surface area contributed by atoms with Crippen LogP contribution in [0.25, 0.3) is 0 Å². The summed E-state index contributed by atoms with van der Waals surface area (Å²) in [6, 6.07) is 8.19. The van der Waals surface area contributed by atoms with Gasteiger partial charge in [-0.15, -0.1) is 11.3 Å². The highest BCUT2D eigenvalue weighted by Crippen LogP contribution is 2.30. The molecular weight excluding hydrogens is 288 g/mol. The number of rotatable bonds is 5. The number of ether oxygens (including phenoxy) is 1. The number of nitro groups is 1. The van der Waals surface area contributed by atoms with E-state index in [1.54, 1.807) is 18.2 Å². The molecule has 0 saturated heterocycles. The van der Waals surface area contributed by atoms with Gasteiger partial charge in [0.05, 0.1) is 9.26 Å². The van der Waals surface area contributed by atoms with Gasteiger partial charge in [0, 0.05) is 17.5 Å². The zero-order valence-electron chi connectivity index (χ0n) is 9.84. The standard InChI is InChI=1S/C12H11ClN2O3S/c13-12-4-2-9(19-12)7-18-11-5-8(6-14)1-3-10(11)15(16)17/h1-5H,6-7,14H2. The summed E-state index contributed by atoms with van der Waals surface area (Å²) in [5.74, 6) is 0.220. The molecule has 2 rings (SSSR count). The topological polar surface area (TPSA) is 78.4 Å². The predicted molar refractivity (Wildman–Crippen MR) is 74.6 cm³/mol. The fourth-order valence-corrected chi connectivity index (χ4v) is 2.53. The van der Waals surface area contributed by atoms with Gasteiger partial charge >= 0.3 is 5.69 Å². The predicted octanol–water partition coefficient (Wildman–Crippen LogP) is 3.35. The lowest BCUT2D eigenvalue weighted by Crippen LogP contribution is -2.01. The molecule has 0 amide bonds. The van der Waals surface area contributed by atoms with Crippen LogP contribution in [0.4, 0.5) is 5.69 Å². The lowest BCUT2D eigenvalue weighted by Gasteiger charge is -2.07. The first kappa shape index (κ1) is 13.8. The SMILES string of the molecule is NCc1ccc([N+](=O)[O-])c(OCc2ccc(Cl)s2)c1. The molecule has 0 fully saturated rings. The molecule has 2 aromatic rings. The number of nitro benzene ring substituents is 1. The maximum absolute atomic E-state index is 10.9. The van der Waals surface area contributed by atoms with E-state index in [0.717, 1.165) is 10.4 Å². The molecule has 5 nitrogen and oxygen atoms in total. The number of nitrogens with two attached hydrogens (primary N) is 1. The summed E-state index contributed by atoms with van der Waals surface area (Å²) in [5.41, 5.74) is 6.23. The second kappa shape index (κ2) is 6.01. The molecule has 0 aliphatic heterocycles. The van der Waals surface area contributed by atoms with Gasteiger partial charge in [-0.3, -0.25) is 10.1 Å². The Kier molecular flexibility index (Phi) is 4.36. The number of thiophene rings is 1. The molecule has 0 saturated carbocycles. The molecule has 0 radical (unpaired) electrons. The fraction of sp³-hybridized carbons (Fsp3) is 0.167. The van der Waals surface area contributed by atoms with E-state index in [1.165, 1.54) is 17.4 Å². The maximum Gasteiger partial charge on any atom is 0.310 e. The Morgan fingerprint density at radius 2 is 2.16 bits per heavy atom. The molecule has 0 bridgehead atoms. The molecule has 7 heteroatoms. The van der Waals surface area contributed by atoms with Crippen molar-refractivity contribution >= 4 is 28.6 Å². The average Bonchev–Trinajstić information content (AvgIpc) is 2.81. The molecular formula is C12H11ClN2O3S. The second-order valence-electron chi connectivity index (χ2n) is 3.76. The summed E-state index contributed by atoms with van der Waals surface area (Å²) in [6.45, 7) is 0.547. The Bertz CT molecular complexity index is 600. The van der Waals surface area contributed by atoms with Crippen molar-refractivity contribution in [3.63, 3.8) is 0 Å². The van der Waals surface area contributed by atoms with Gasteiger partial charge in [0.25, 0.3) is 0 Å². The molecule has 0 aliphatic carbocycles. The second-order valence-corrected chi connectivity index (χ2v) is 5.56. The number of halogens is 1. The van der Waals surface area contributed by atoms with Crippen LogP contribution in [0.2, 0.25) is 4.34 Å². The first-order chi connectivity index (χ1) is 9.10. The first-order valence-electron chi connectivity index (χ1n) is 5.44. The van der Waals surface area contributed by atoms with Crippen molar-refractivity contribution in [2.24, 2.45) is 5.73 Å². The van der Waals surface area contributed by atoms with Gasteiger partial charge in [0.2, 0.25) is 0 Å². The number of nitrogens with zero attached hydrogens (tertiary/aromatic N) is 1. The Labute approximate surface area is 118 Å². The first-order valence-corrected chi connectivity index (χ1v) is 6.64. The van der Waals surface area contributed by atoms with E-state index in [4.69, 9.17) is 22.1 Å². The smallest absolute Gasteiger partial charge is 0.310 e. The van der Waals surface area contributed by atoms with E-state index in [0.29, 0.717) is 10.9 Å². The van der Waals surface area contributed by atoms with Crippen LogP contribution in [0.15, 0.2) is 30.3 Å². The van der Waals surface area contributed by atoms with Crippen molar-refractivity contribution in [2.75, 3.05) is 0 Å². The van der Waals surface area contributed by atoms with Crippen molar-refractivity contribution in [2.45, 2.75) is 13.2 Å². The lowest BCUT2D eigenvalue weighted by molar-refractivity contribution is -0.386. The molecule has 0 spiro atoms. The normalized spacial score (nSPS) is 10.4. The minimum atomic E-state index is -0.475. The van der Waals surface area contributed by atoms with Crippen LogP contribution in [0.1, 0.15) is 10.4 Å². The Morgan fingerprint density at radius 1 is 1.37 bits per heavy atom. The van der Waals surface area contributed by atoms with Crippen molar-refractivity contribution < 1.29 is 9.66 Å². The Morgan fingerprint density at radius 3 is 2.74 bits per heavy atom. The highest BCUT2D eigenvalue weighted by Gasteiger charge is 2.15. The van der Waals surface area contributed by atoms with E-state index >= 15 is 0 Å². The van der Waals surface area contributed by atoms with Crippen LogP contribution in [-0.2, 0) is 13.2 Å². The third kappa shape index (κ3) is 3.44. The van der Waals surface area contributed by atoms with Gasteiger partial charge in [-0.2, -0.15) is 0 Å². The van der Waals surface area contributed by atoms with Crippen LogP contribution < -0.4 is 10.5 Å². The molecule has 0 unspecified atom stereocenters. The van der Waals surface area contributed by atoms with Crippen LogP contribution in [0.5, 0.6) is 5.75 Å². The van der Waals surface area contributed by atoms with Crippen molar-refractivity contribution in [3.05, 3.63) is 55.2 Å². The van der Waals surface area contributed by atoms with Gasteiger partial charge in [0.15, 0.2) is 5.75 Å². The minimum Gasteiger partial charge on any atom is -0.481 e. The van der Waals surface area contributed by atoms with E-state index in [1.807, 2.05) is 6.07 Å². The molecule has 19 heavy (non-hydrogen) atoms. The lowest BCUT2D eigenvalue weighted by atomic mass is 10.2. The summed E-state index contributed by atoms with van der Waals surface area (Å²) in [5, 5.41) is 10.9. The maximum atomic E-state index is 10.9. The Balaban J connectivity index is 2.19. The summed E-state index contributed by atoms with van der Waals surface area (Å²) in [6.07, 6.45) is 0. The number of hydrogen-bond acceptors (Lipinski definition) is 5. The molecule has 0 atom stereocenters. The average molecular weight is 299 g/mol. The van der Waals surface area contributed by atoms with E-state index < -0.39 is 4.92 Å². The van der Waals surface area contributed by atoms with Gasteiger partial charge in [-0.25, -0.2) is 0 Å². The monoisotopic (exact) mass is 298 g/mol. The van der Waals surface area contributed by atoms with Crippen molar-refractivity contribution in [1.29, 1.82) is 0 Å². The van der Waals surface area contributed by atoms with Gasteiger partial charge in [-0.05, 0) is 23.8 Å². The van der Waals surface area contributed by atoms with Crippen molar-refractivity contribution in [3.8, 4) is 5.75 Å². The highest BCUT2D eigenvalue weighted by atomic mass is 35.5. The van der Waals surface area contributed by atoms with Gasteiger partial charge in [-0.1, -0.05) is 17.7 Å². The molecule has 0 aliphatic rings. The molecule has 100 valence electrons. The highest BCUT2D eigenvalue weighted by molar-refractivity contribution is 7.16. The van der Waals surface area contributed by atoms with Gasteiger partial charge in [0.1, 0.15) is 6.61 Å². The number of benzene rings is 1. The Hall–Kier alpha value is -1.63. The van der Waals surface area contributed by atoms with E-state index in [2.05, 4.69) is 0 Å². The quantitative estimate of drug-likeness (QED) is 0.678. The van der Waals surface area contributed by atoms with E-state index in [-0.39, 0.29) is 18.0 Å². The fourth-order valence-electron chi connectivity index (χ4n) is 1.53. The van der Waals surface area contributed by atoms with Crippen LogP contribution in [0, 0.1) is 10.1 Å². The van der Waals surface area contributed by atoms with Gasteiger partial charge < -0.3 is 10.5 Å². The largest absolute Gasteiger partial charge is 0.481 e. The molecule has 1 heterocycles. The van der Waals surface area contributed by atoms with Crippen LogP contribution in [0.3, 0.4) is 0 Å². The third-order valence-corrected chi connectivity index (χ3v) is 3.66. The van der Waals surface area contributed by atoms with Crippen LogP contribution >= 0.6 is 22.9 Å². The van der Waals surface area contributed by atoms with E-state index in [9.17, 15) is 10.1 Å². The molecule has 1 aromatic heterocycles. The third-order valence-electron chi connectivity index (χ3n) is 2.46. The summed E-state index contributed by atoms with van der Waals surface area (Å²) in [4.78, 5) is 11.3. The summed E-state index contributed by atoms with van der Waals surface area (Å²) >= 11 is 7.19. The number of hydrogen-bond donors (Lipinski definition) is 1. The zero-order chi connectivity index (χ0) is 13.8. The van der Waals surface area contributed by atoms with Crippen molar-refractivity contribution in [1.82, 2.24) is 0 Å². The zero-order valence-corrected chi connectivity index (χ0v) is 11.4. The molecule has 1 aromatic carbocycles. The summed E-state index contributed by atoms with van der Waals surface area (Å²) in [7, 11) is 0. The van der Waals surface area contributed by atoms with Crippen LogP contribution in [-0.4, -0.2) is 4.92 Å². The minimum absolute atomic E-state index is 0.0696.